The smallest absolute Gasteiger partial charge is 0.251 e. The fraction of sp³-hybridized carbons (Fsp3) is 0.588. The number of carbonyl (C=O) groups is 1. The third kappa shape index (κ3) is 2.67. The van der Waals surface area contributed by atoms with Crippen LogP contribution < -0.4 is 10.6 Å². The summed E-state index contributed by atoms with van der Waals surface area (Å²) in [7, 11) is 0. The van der Waals surface area contributed by atoms with Crippen LogP contribution >= 0.6 is 0 Å². The normalized spacial score (nSPS) is 25.4. The quantitative estimate of drug-likeness (QED) is 0.867. The van der Waals surface area contributed by atoms with Gasteiger partial charge in [-0.25, -0.2) is 0 Å². The maximum atomic E-state index is 12.6. The van der Waals surface area contributed by atoms with Gasteiger partial charge in [-0.2, -0.15) is 0 Å². The third-order valence-electron chi connectivity index (χ3n) is 4.77. The van der Waals surface area contributed by atoms with E-state index in [9.17, 15) is 4.79 Å². The number of amides is 1. The van der Waals surface area contributed by atoms with Gasteiger partial charge in [-0.05, 0) is 49.3 Å². The van der Waals surface area contributed by atoms with Crippen LogP contribution in [0.25, 0.3) is 0 Å². The number of fused-ring (bicyclic) bond motifs is 1. The monoisotopic (exact) mass is 272 g/mol. The summed E-state index contributed by atoms with van der Waals surface area (Å²) in [5.41, 5.74) is 3.20. The van der Waals surface area contributed by atoms with Crippen molar-refractivity contribution in [2.75, 3.05) is 11.9 Å². The van der Waals surface area contributed by atoms with E-state index in [1.807, 2.05) is 12.1 Å². The summed E-state index contributed by atoms with van der Waals surface area (Å²) >= 11 is 0. The lowest BCUT2D eigenvalue weighted by atomic mass is 9.85. The molecule has 2 unspecified atom stereocenters. The van der Waals surface area contributed by atoms with Crippen LogP contribution in [0.15, 0.2) is 18.2 Å². The lowest BCUT2D eigenvalue weighted by Gasteiger charge is -2.30. The molecule has 1 amide bonds. The maximum Gasteiger partial charge on any atom is 0.251 e. The Bertz CT molecular complexity index is 498. The van der Waals surface area contributed by atoms with Gasteiger partial charge in [0.15, 0.2) is 0 Å². The Morgan fingerprint density at radius 3 is 2.95 bits per heavy atom. The summed E-state index contributed by atoms with van der Waals surface area (Å²) in [5.74, 6) is 0.717. The second kappa shape index (κ2) is 5.86. The molecular weight excluding hydrogens is 248 g/mol. The largest absolute Gasteiger partial charge is 0.385 e. The van der Waals surface area contributed by atoms with Gasteiger partial charge in [-0.3, -0.25) is 4.79 Å². The average molecular weight is 272 g/mol. The molecule has 2 aliphatic rings. The molecule has 3 nitrogen and oxygen atoms in total. The van der Waals surface area contributed by atoms with E-state index in [0.29, 0.717) is 12.0 Å². The van der Waals surface area contributed by atoms with Gasteiger partial charge in [0.2, 0.25) is 0 Å². The summed E-state index contributed by atoms with van der Waals surface area (Å²) in [5, 5.41) is 6.66. The summed E-state index contributed by atoms with van der Waals surface area (Å²) in [6.07, 6.45) is 7.02. The van der Waals surface area contributed by atoms with Gasteiger partial charge in [0, 0.05) is 23.8 Å². The highest BCUT2D eigenvalue weighted by Crippen LogP contribution is 2.27. The van der Waals surface area contributed by atoms with Crippen molar-refractivity contribution in [1.29, 1.82) is 0 Å². The van der Waals surface area contributed by atoms with E-state index in [1.165, 1.54) is 24.8 Å². The molecule has 0 saturated heterocycles. The van der Waals surface area contributed by atoms with E-state index in [2.05, 4.69) is 23.6 Å². The highest BCUT2D eigenvalue weighted by atomic mass is 16.1. The fourth-order valence-electron chi connectivity index (χ4n) is 3.50. The van der Waals surface area contributed by atoms with E-state index >= 15 is 0 Å². The van der Waals surface area contributed by atoms with Crippen LogP contribution in [0, 0.1) is 5.92 Å². The van der Waals surface area contributed by atoms with Crippen molar-refractivity contribution in [3.05, 3.63) is 29.3 Å². The number of hydrogen-bond acceptors (Lipinski definition) is 2. The molecular formula is C17H24N2O. The van der Waals surface area contributed by atoms with Gasteiger partial charge in [-0.1, -0.05) is 25.8 Å². The average Bonchev–Trinajstić information content (AvgIpc) is 2.49. The van der Waals surface area contributed by atoms with Crippen LogP contribution in [0.1, 0.15) is 54.9 Å². The molecule has 0 radical (unpaired) electrons. The minimum atomic E-state index is 0.115. The molecule has 1 saturated carbocycles. The van der Waals surface area contributed by atoms with Crippen molar-refractivity contribution in [3.63, 3.8) is 0 Å². The molecule has 0 bridgehead atoms. The van der Waals surface area contributed by atoms with Crippen LogP contribution in [-0.2, 0) is 6.42 Å². The molecule has 3 heteroatoms. The summed E-state index contributed by atoms with van der Waals surface area (Å²) in [6, 6.07) is 6.38. The fourth-order valence-corrected chi connectivity index (χ4v) is 3.50. The van der Waals surface area contributed by atoms with Crippen LogP contribution in [0.5, 0.6) is 0 Å². The van der Waals surface area contributed by atoms with Crippen molar-refractivity contribution in [2.45, 2.75) is 51.5 Å². The molecule has 1 aliphatic carbocycles. The van der Waals surface area contributed by atoms with Gasteiger partial charge in [0.05, 0.1) is 0 Å². The number of nitrogens with one attached hydrogen (secondary N) is 2. The zero-order valence-electron chi connectivity index (χ0n) is 12.2. The van der Waals surface area contributed by atoms with E-state index in [-0.39, 0.29) is 5.91 Å². The minimum absolute atomic E-state index is 0.115. The zero-order chi connectivity index (χ0) is 13.9. The minimum Gasteiger partial charge on any atom is -0.385 e. The second-order valence-electron chi connectivity index (χ2n) is 6.20. The van der Waals surface area contributed by atoms with Crippen LogP contribution in [0.3, 0.4) is 0 Å². The topological polar surface area (TPSA) is 41.1 Å². The van der Waals surface area contributed by atoms with Crippen molar-refractivity contribution in [1.82, 2.24) is 5.32 Å². The van der Waals surface area contributed by atoms with Crippen molar-refractivity contribution in [3.8, 4) is 0 Å². The standard InChI is InChI=1S/C17H24N2O/c1-12-6-2-3-9-15(12)19-17(20)14-7-4-10-16-13(14)8-5-11-18-16/h4,7,10,12,15,18H,2-3,5-6,8-9,11H2,1H3,(H,19,20). The highest BCUT2D eigenvalue weighted by molar-refractivity contribution is 5.97. The van der Waals surface area contributed by atoms with Gasteiger partial charge in [0.25, 0.3) is 5.91 Å². The van der Waals surface area contributed by atoms with E-state index in [4.69, 9.17) is 0 Å². The zero-order valence-corrected chi connectivity index (χ0v) is 12.2. The van der Waals surface area contributed by atoms with Gasteiger partial charge < -0.3 is 10.6 Å². The molecule has 1 heterocycles. The number of anilines is 1. The first kappa shape index (κ1) is 13.5. The Kier molecular flexibility index (Phi) is 3.95. The Morgan fingerprint density at radius 2 is 2.10 bits per heavy atom. The highest BCUT2D eigenvalue weighted by Gasteiger charge is 2.25. The Morgan fingerprint density at radius 1 is 1.25 bits per heavy atom. The van der Waals surface area contributed by atoms with Gasteiger partial charge in [-0.15, -0.1) is 0 Å². The van der Waals surface area contributed by atoms with E-state index in [1.54, 1.807) is 0 Å². The third-order valence-corrected chi connectivity index (χ3v) is 4.77. The van der Waals surface area contributed by atoms with Crippen molar-refractivity contribution in [2.24, 2.45) is 5.92 Å². The molecule has 1 aromatic carbocycles. The van der Waals surface area contributed by atoms with Crippen LogP contribution in [0.2, 0.25) is 0 Å². The molecule has 0 spiro atoms. The number of hydrogen-bond donors (Lipinski definition) is 2. The number of rotatable bonds is 2. The Labute approximate surface area is 121 Å². The molecule has 1 aromatic rings. The lowest BCUT2D eigenvalue weighted by molar-refractivity contribution is 0.0909. The predicted octanol–water partition coefficient (Wildman–Crippen LogP) is 3.35. The molecule has 2 N–H and O–H groups in total. The molecule has 2 atom stereocenters. The maximum absolute atomic E-state index is 12.6. The van der Waals surface area contributed by atoms with Crippen LogP contribution in [0.4, 0.5) is 5.69 Å². The first-order valence-electron chi connectivity index (χ1n) is 7.92. The lowest BCUT2D eigenvalue weighted by Crippen LogP contribution is -2.41. The van der Waals surface area contributed by atoms with E-state index < -0.39 is 0 Å². The summed E-state index contributed by atoms with van der Waals surface area (Å²) in [6.45, 7) is 3.27. The molecule has 1 aliphatic heterocycles. The van der Waals surface area contributed by atoms with E-state index in [0.717, 1.165) is 37.1 Å². The number of carbonyl (C=O) groups excluding carboxylic acids is 1. The first-order chi connectivity index (χ1) is 9.75. The van der Waals surface area contributed by atoms with Gasteiger partial charge in [0.1, 0.15) is 0 Å². The molecule has 108 valence electrons. The molecule has 3 rings (SSSR count). The molecule has 20 heavy (non-hydrogen) atoms. The SMILES string of the molecule is CC1CCCCC1NC(=O)c1cccc2c1CCCN2. The van der Waals surface area contributed by atoms with Gasteiger partial charge >= 0.3 is 0 Å². The Hall–Kier alpha value is -1.51. The summed E-state index contributed by atoms with van der Waals surface area (Å²) < 4.78 is 0. The predicted molar refractivity (Wildman–Crippen MR) is 82.1 cm³/mol. The van der Waals surface area contributed by atoms with Crippen LogP contribution in [-0.4, -0.2) is 18.5 Å². The molecule has 1 fully saturated rings. The first-order valence-corrected chi connectivity index (χ1v) is 7.92. The summed E-state index contributed by atoms with van der Waals surface area (Å²) in [4.78, 5) is 12.6. The Balaban J connectivity index is 1.77. The van der Waals surface area contributed by atoms with Crippen molar-refractivity contribution >= 4 is 11.6 Å². The van der Waals surface area contributed by atoms with Crippen molar-refractivity contribution < 1.29 is 4.79 Å². The molecule has 0 aromatic heterocycles. The number of benzene rings is 1. The second-order valence-corrected chi connectivity index (χ2v) is 6.20.